The summed E-state index contributed by atoms with van der Waals surface area (Å²) in [6.45, 7) is 10.6. The number of hydrogen-bond acceptors (Lipinski definition) is 3. The average molecular weight is 397 g/mol. The van der Waals surface area contributed by atoms with Gasteiger partial charge in [0.25, 0.3) is 0 Å². The van der Waals surface area contributed by atoms with Gasteiger partial charge in [-0.05, 0) is 58.0 Å². The van der Waals surface area contributed by atoms with Crippen LogP contribution in [0, 0.1) is 27.7 Å². The quantitative estimate of drug-likeness (QED) is 0.471. The van der Waals surface area contributed by atoms with Crippen LogP contribution in [0.5, 0.6) is 0 Å². The summed E-state index contributed by atoms with van der Waals surface area (Å²) in [5.74, 6) is 0. The lowest BCUT2D eigenvalue weighted by Gasteiger charge is -2.12. The van der Waals surface area contributed by atoms with Crippen LogP contribution in [-0.2, 0) is 13.1 Å². The Kier molecular flexibility index (Phi) is 6.46. The maximum Gasteiger partial charge on any atom is 0.170 e. The fraction of sp³-hybridized carbons (Fsp3) is 0.381. The van der Waals surface area contributed by atoms with Crippen LogP contribution in [0.25, 0.3) is 0 Å². The van der Waals surface area contributed by atoms with Crippen molar-refractivity contribution in [2.75, 3.05) is 11.9 Å². The Balaban J connectivity index is 1.53. The third-order valence-corrected chi connectivity index (χ3v) is 5.08. The van der Waals surface area contributed by atoms with Crippen LogP contribution in [-0.4, -0.2) is 31.2 Å². The lowest BCUT2D eigenvalue weighted by atomic mass is 10.1. The second-order valence-electron chi connectivity index (χ2n) is 7.12. The lowest BCUT2D eigenvalue weighted by molar-refractivity contribution is 0.561. The molecule has 0 aliphatic rings. The summed E-state index contributed by atoms with van der Waals surface area (Å²) in [6.07, 6.45) is 2.78. The van der Waals surface area contributed by atoms with Crippen LogP contribution in [0.1, 0.15) is 34.6 Å². The minimum atomic E-state index is 0.623. The van der Waals surface area contributed by atoms with Gasteiger partial charge in [-0.2, -0.15) is 10.2 Å². The molecule has 28 heavy (non-hydrogen) atoms. The number of hydrogen-bond donors (Lipinski definition) is 2. The first-order valence-corrected chi connectivity index (χ1v) is 9.97. The number of aromatic nitrogens is 4. The molecular formula is C21H28N6S. The largest absolute Gasteiger partial charge is 0.362 e. The Labute approximate surface area is 172 Å². The van der Waals surface area contributed by atoms with E-state index in [2.05, 4.69) is 65.9 Å². The van der Waals surface area contributed by atoms with E-state index in [-0.39, 0.29) is 0 Å². The van der Waals surface area contributed by atoms with E-state index < -0.39 is 0 Å². The molecule has 2 aromatic heterocycles. The highest BCUT2D eigenvalue weighted by atomic mass is 32.1. The summed E-state index contributed by atoms with van der Waals surface area (Å²) in [5.41, 5.74) is 6.67. The van der Waals surface area contributed by atoms with E-state index in [9.17, 15) is 0 Å². The van der Waals surface area contributed by atoms with Crippen molar-refractivity contribution >= 4 is 23.0 Å². The molecule has 0 saturated carbocycles. The van der Waals surface area contributed by atoms with Gasteiger partial charge in [-0.1, -0.05) is 29.8 Å². The van der Waals surface area contributed by atoms with Crippen molar-refractivity contribution < 1.29 is 0 Å². The summed E-state index contributed by atoms with van der Waals surface area (Å²) in [7, 11) is 0. The summed E-state index contributed by atoms with van der Waals surface area (Å²) < 4.78 is 4.02. The van der Waals surface area contributed by atoms with E-state index >= 15 is 0 Å². The van der Waals surface area contributed by atoms with Gasteiger partial charge in [-0.3, -0.25) is 9.36 Å². The zero-order valence-electron chi connectivity index (χ0n) is 17.0. The van der Waals surface area contributed by atoms with E-state index in [1.54, 1.807) is 0 Å². The van der Waals surface area contributed by atoms with Crippen molar-refractivity contribution in [3.05, 3.63) is 64.7 Å². The van der Waals surface area contributed by atoms with Crippen LogP contribution >= 0.6 is 12.2 Å². The number of anilines is 1. The maximum atomic E-state index is 5.47. The van der Waals surface area contributed by atoms with Crippen LogP contribution in [0.4, 0.5) is 5.69 Å². The number of nitrogens with one attached hydrogen (secondary N) is 2. The van der Waals surface area contributed by atoms with Gasteiger partial charge in [0.2, 0.25) is 0 Å². The highest BCUT2D eigenvalue weighted by Gasteiger charge is 2.13. The Morgan fingerprint density at radius 3 is 2.46 bits per heavy atom. The normalized spacial score (nSPS) is 10.9. The minimum absolute atomic E-state index is 0.623. The van der Waals surface area contributed by atoms with Gasteiger partial charge in [-0.15, -0.1) is 0 Å². The molecule has 0 aliphatic heterocycles. The Morgan fingerprint density at radius 1 is 1.04 bits per heavy atom. The molecular weight excluding hydrogens is 368 g/mol. The molecule has 0 spiro atoms. The zero-order chi connectivity index (χ0) is 20.1. The number of thiocarbonyl (C=S) groups is 1. The first-order valence-electron chi connectivity index (χ1n) is 9.57. The summed E-state index contributed by atoms with van der Waals surface area (Å²) in [4.78, 5) is 0. The Bertz CT molecular complexity index is 938. The summed E-state index contributed by atoms with van der Waals surface area (Å²) in [5, 5.41) is 16.2. The van der Waals surface area contributed by atoms with Crippen molar-refractivity contribution in [3.8, 4) is 0 Å². The lowest BCUT2D eigenvalue weighted by Crippen LogP contribution is -2.30. The molecule has 0 radical (unpaired) electrons. The van der Waals surface area contributed by atoms with E-state index in [4.69, 9.17) is 12.2 Å². The van der Waals surface area contributed by atoms with Crippen molar-refractivity contribution in [2.24, 2.45) is 0 Å². The molecule has 2 heterocycles. The van der Waals surface area contributed by atoms with Crippen molar-refractivity contribution in [1.29, 1.82) is 0 Å². The van der Waals surface area contributed by atoms with E-state index in [0.717, 1.165) is 43.1 Å². The number of rotatable bonds is 7. The number of benzene rings is 1. The molecule has 3 aromatic rings. The third-order valence-electron chi connectivity index (χ3n) is 4.83. The van der Waals surface area contributed by atoms with Gasteiger partial charge in [0.15, 0.2) is 5.11 Å². The first-order chi connectivity index (χ1) is 13.4. The van der Waals surface area contributed by atoms with Gasteiger partial charge >= 0.3 is 0 Å². The van der Waals surface area contributed by atoms with Gasteiger partial charge in [-0.25, -0.2) is 0 Å². The topological polar surface area (TPSA) is 59.7 Å². The number of aryl methyl sites for hydroxylation is 4. The highest BCUT2D eigenvalue weighted by Crippen LogP contribution is 2.20. The van der Waals surface area contributed by atoms with Gasteiger partial charge in [0, 0.05) is 25.0 Å². The molecule has 148 valence electrons. The number of nitrogens with zero attached hydrogens (tertiary/aromatic N) is 4. The first kappa shape index (κ1) is 20.1. The molecule has 0 atom stereocenters. The van der Waals surface area contributed by atoms with Gasteiger partial charge in [0.05, 0.1) is 23.6 Å². The standard InChI is InChI=1S/C21H28N6S/c1-15-6-8-19(9-7-15)14-27-18(4)20(17(3)25-27)24-21(28)22-11-5-13-26-16(2)10-12-23-26/h6-10,12H,5,11,13-14H2,1-4H3,(H2,22,24,28). The molecule has 0 saturated heterocycles. The van der Waals surface area contributed by atoms with Crippen molar-refractivity contribution in [1.82, 2.24) is 24.9 Å². The summed E-state index contributed by atoms with van der Waals surface area (Å²) in [6, 6.07) is 10.6. The van der Waals surface area contributed by atoms with E-state index in [1.165, 1.54) is 16.8 Å². The smallest absolute Gasteiger partial charge is 0.170 e. The van der Waals surface area contributed by atoms with Crippen LogP contribution in [0.2, 0.25) is 0 Å². The van der Waals surface area contributed by atoms with E-state index in [0.29, 0.717) is 5.11 Å². The minimum Gasteiger partial charge on any atom is -0.362 e. The van der Waals surface area contributed by atoms with Crippen molar-refractivity contribution in [2.45, 2.75) is 47.2 Å². The van der Waals surface area contributed by atoms with Crippen LogP contribution < -0.4 is 10.6 Å². The molecule has 0 amide bonds. The third kappa shape index (κ3) is 4.98. The maximum absolute atomic E-state index is 5.47. The summed E-state index contributed by atoms with van der Waals surface area (Å²) >= 11 is 5.47. The van der Waals surface area contributed by atoms with Gasteiger partial charge in [0.1, 0.15) is 0 Å². The predicted octanol–water partition coefficient (Wildman–Crippen LogP) is 3.74. The van der Waals surface area contributed by atoms with E-state index in [1.807, 2.05) is 28.6 Å². The molecule has 7 heteroatoms. The zero-order valence-corrected chi connectivity index (χ0v) is 17.8. The molecule has 0 bridgehead atoms. The van der Waals surface area contributed by atoms with Gasteiger partial charge < -0.3 is 10.6 Å². The monoisotopic (exact) mass is 396 g/mol. The highest BCUT2D eigenvalue weighted by molar-refractivity contribution is 7.80. The molecule has 0 unspecified atom stereocenters. The Morgan fingerprint density at radius 2 is 1.79 bits per heavy atom. The Hall–Kier alpha value is -2.67. The fourth-order valence-electron chi connectivity index (χ4n) is 3.12. The molecule has 2 N–H and O–H groups in total. The van der Waals surface area contributed by atoms with Crippen LogP contribution in [0.15, 0.2) is 36.5 Å². The average Bonchev–Trinajstić information content (AvgIpc) is 3.19. The fourth-order valence-corrected chi connectivity index (χ4v) is 3.32. The SMILES string of the molecule is Cc1ccc(Cn2nc(C)c(NC(=S)NCCCn3nccc3C)c2C)cc1. The van der Waals surface area contributed by atoms with Crippen molar-refractivity contribution in [3.63, 3.8) is 0 Å². The second kappa shape index (κ2) is 9.01. The molecule has 6 nitrogen and oxygen atoms in total. The predicted molar refractivity (Wildman–Crippen MR) is 118 cm³/mol. The molecule has 0 fully saturated rings. The van der Waals surface area contributed by atoms with Crippen LogP contribution in [0.3, 0.4) is 0 Å². The second-order valence-corrected chi connectivity index (χ2v) is 7.53. The molecule has 0 aliphatic carbocycles. The molecule has 1 aromatic carbocycles. The molecule has 3 rings (SSSR count).